The van der Waals surface area contributed by atoms with Gasteiger partial charge in [0.05, 0.1) is 12.1 Å². The Labute approximate surface area is 149 Å². The second kappa shape index (κ2) is 8.72. The Balaban J connectivity index is 2.27. The first kappa shape index (κ1) is 19.8. The number of aromatic nitrogens is 1. The third kappa shape index (κ3) is 4.36. The van der Waals surface area contributed by atoms with E-state index < -0.39 is 31.0 Å². The Hall–Kier alpha value is -2.52. The van der Waals surface area contributed by atoms with Gasteiger partial charge in [-0.05, 0) is 30.5 Å². The molecule has 140 valence electrons. The second-order valence-electron chi connectivity index (χ2n) is 5.89. The zero-order chi connectivity index (χ0) is 19.3. The van der Waals surface area contributed by atoms with E-state index in [0.717, 1.165) is 5.39 Å². The molecule has 1 aromatic heterocycles. The molecule has 26 heavy (non-hydrogen) atoms. The highest BCUT2D eigenvalue weighted by Gasteiger charge is 2.31. The second-order valence-corrected chi connectivity index (χ2v) is 5.89. The van der Waals surface area contributed by atoms with Crippen molar-refractivity contribution in [2.75, 3.05) is 11.9 Å². The molecule has 0 fully saturated rings. The van der Waals surface area contributed by atoms with Crippen molar-refractivity contribution in [3.8, 4) is 0 Å². The fourth-order valence-corrected chi connectivity index (χ4v) is 2.55. The number of allylic oxidation sites excluding steroid dienone is 1. The Morgan fingerprint density at radius 1 is 1.19 bits per heavy atom. The van der Waals surface area contributed by atoms with E-state index in [0.29, 0.717) is 23.1 Å². The number of nitrogens with one attached hydrogen (secondary N) is 2. The first-order chi connectivity index (χ1) is 12.4. The number of hydrogen-bond donors (Lipinski definition) is 6. The lowest BCUT2D eigenvalue weighted by Crippen LogP contribution is -2.49. The maximum Gasteiger partial charge on any atom is 0.255 e. The SMILES string of the molecule is C/C=C\c1cc2ccc(N[C@@H](C=O)[C@@H](O)[C@H](O)[C@H](O)CO)cc2[nH]c1=O. The lowest BCUT2D eigenvalue weighted by Gasteiger charge is -2.26. The molecule has 0 bridgehead atoms. The van der Waals surface area contributed by atoms with Gasteiger partial charge in [0.15, 0.2) is 0 Å². The molecular weight excluding hydrogens is 340 g/mol. The molecule has 8 nitrogen and oxygen atoms in total. The van der Waals surface area contributed by atoms with Gasteiger partial charge in [-0.1, -0.05) is 18.2 Å². The predicted molar refractivity (Wildman–Crippen MR) is 97.9 cm³/mol. The standard InChI is InChI=1S/C18H22N2O6/c1-2-3-11-6-10-4-5-12(7-13(10)20-18(11)26)19-14(8-21)16(24)17(25)15(23)9-22/h2-8,14-17,19,22-25H,9H2,1H3,(H,20,26)/b3-2-/t14-,15+,16+,17+/m0/s1. The van der Waals surface area contributed by atoms with Crippen molar-refractivity contribution in [3.63, 3.8) is 0 Å². The van der Waals surface area contributed by atoms with E-state index in [1.54, 1.807) is 36.4 Å². The van der Waals surface area contributed by atoms with Crippen LogP contribution in [0.1, 0.15) is 12.5 Å². The summed E-state index contributed by atoms with van der Waals surface area (Å²) in [5.41, 5.74) is 1.21. The molecular formula is C18H22N2O6. The van der Waals surface area contributed by atoms with Gasteiger partial charge in [-0.2, -0.15) is 0 Å². The van der Waals surface area contributed by atoms with E-state index in [1.165, 1.54) is 0 Å². The summed E-state index contributed by atoms with van der Waals surface area (Å²) < 4.78 is 0. The van der Waals surface area contributed by atoms with Crippen LogP contribution in [0.3, 0.4) is 0 Å². The molecule has 2 aromatic rings. The Morgan fingerprint density at radius 2 is 1.92 bits per heavy atom. The van der Waals surface area contributed by atoms with E-state index >= 15 is 0 Å². The van der Waals surface area contributed by atoms with Crippen LogP contribution in [-0.4, -0.2) is 62.7 Å². The Bertz CT molecular complexity index is 847. The van der Waals surface area contributed by atoms with Gasteiger partial charge >= 0.3 is 0 Å². The minimum absolute atomic E-state index is 0.263. The first-order valence-electron chi connectivity index (χ1n) is 8.08. The molecule has 0 unspecified atom stereocenters. The lowest BCUT2D eigenvalue weighted by molar-refractivity contribution is -0.117. The summed E-state index contributed by atoms with van der Waals surface area (Å²) in [5.74, 6) is 0. The zero-order valence-electron chi connectivity index (χ0n) is 14.2. The monoisotopic (exact) mass is 362 g/mol. The summed E-state index contributed by atoms with van der Waals surface area (Å²) in [7, 11) is 0. The Kier molecular flexibility index (Phi) is 6.64. The van der Waals surface area contributed by atoms with Gasteiger partial charge in [-0.3, -0.25) is 4.79 Å². The van der Waals surface area contributed by atoms with E-state index in [-0.39, 0.29) is 5.56 Å². The summed E-state index contributed by atoms with van der Waals surface area (Å²) >= 11 is 0. The topological polar surface area (TPSA) is 143 Å². The molecule has 0 aliphatic heterocycles. The Morgan fingerprint density at radius 3 is 2.54 bits per heavy atom. The van der Waals surface area contributed by atoms with Crippen LogP contribution in [-0.2, 0) is 4.79 Å². The van der Waals surface area contributed by atoms with E-state index in [2.05, 4.69) is 10.3 Å². The van der Waals surface area contributed by atoms with Crippen LogP contribution in [0.25, 0.3) is 17.0 Å². The van der Waals surface area contributed by atoms with Gasteiger partial charge in [0.2, 0.25) is 0 Å². The number of rotatable bonds is 8. The highest BCUT2D eigenvalue weighted by molar-refractivity contribution is 5.84. The summed E-state index contributed by atoms with van der Waals surface area (Å²) in [4.78, 5) is 26.0. The number of carbonyl (C=O) groups is 1. The number of benzene rings is 1. The minimum atomic E-state index is -1.70. The third-order valence-electron chi connectivity index (χ3n) is 4.00. The molecule has 0 aliphatic rings. The van der Waals surface area contributed by atoms with Gasteiger partial charge in [0, 0.05) is 11.3 Å². The average molecular weight is 362 g/mol. The van der Waals surface area contributed by atoms with Crippen LogP contribution in [0.15, 0.2) is 35.1 Å². The predicted octanol–water partition coefficient (Wildman–Crippen LogP) is -0.384. The molecule has 0 spiro atoms. The minimum Gasteiger partial charge on any atom is -0.394 e. The molecule has 6 N–H and O–H groups in total. The van der Waals surface area contributed by atoms with Crippen LogP contribution >= 0.6 is 0 Å². The number of aliphatic hydroxyl groups is 4. The van der Waals surface area contributed by atoms with Crippen LogP contribution in [0, 0.1) is 0 Å². The highest BCUT2D eigenvalue weighted by Crippen LogP contribution is 2.19. The summed E-state index contributed by atoms with van der Waals surface area (Å²) in [6.07, 6.45) is -1.08. The fraction of sp³-hybridized carbons (Fsp3) is 0.333. The molecule has 0 amide bonds. The van der Waals surface area contributed by atoms with Crippen molar-refractivity contribution >= 4 is 29.0 Å². The van der Waals surface area contributed by atoms with Crippen molar-refractivity contribution in [2.24, 2.45) is 0 Å². The largest absolute Gasteiger partial charge is 0.394 e. The van der Waals surface area contributed by atoms with Crippen molar-refractivity contribution in [2.45, 2.75) is 31.3 Å². The summed E-state index contributed by atoms with van der Waals surface area (Å²) in [6, 6.07) is 5.48. The lowest BCUT2D eigenvalue weighted by atomic mass is 10.0. The van der Waals surface area contributed by atoms with Crippen LogP contribution < -0.4 is 10.9 Å². The normalized spacial score (nSPS) is 16.3. The van der Waals surface area contributed by atoms with E-state index in [9.17, 15) is 24.9 Å². The van der Waals surface area contributed by atoms with Crippen LogP contribution in [0.5, 0.6) is 0 Å². The summed E-state index contributed by atoms with van der Waals surface area (Å²) in [5, 5.41) is 41.5. The quantitative estimate of drug-likeness (QED) is 0.351. The number of hydrogen-bond acceptors (Lipinski definition) is 7. The van der Waals surface area contributed by atoms with Gasteiger partial charge in [-0.15, -0.1) is 0 Å². The van der Waals surface area contributed by atoms with Gasteiger partial charge < -0.3 is 35.5 Å². The van der Waals surface area contributed by atoms with Crippen LogP contribution in [0.4, 0.5) is 5.69 Å². The third-order valence-corrected chi connectivity index (χ3v) is 4.00. The number of carbonyl (C=O) groups excluding carboxylic acids is 1. The average Bonchev–Trinajstić information content (AvgIpc) is 2.65. The van der Waals surface area contributed by atoms with Crippen molar-refractivity contribution < 1.29 is 25.2 Å². The molecule has 0 aliphatic carbocycles. The number of H-pyrrole nitrogens is 1. The van der Waals surface area contributed by atoms with E-state index in [1.807, 2.05) is 6.92 Å². The number of anilines is 1. The van der Waals surface area contributed by atoms with Gasteiger partial charge in [-0.25, -0.2) is 0 Å². The summed E-state index contributed by atoms with van der Waals surface area (Å²) in [6.45, 7) is 1.05. The molecule has 0 radical (unpaired) electrons. The number of aldehydes is 1. The van der Waals surface area contributed by atoms with Crippen molar-refractivity contribution in [1.82, 2.24) is 4.98 Å². The van der Waals surface area contributed by atoms with Crippen molar-refractivity contribution in [3.05, 3.63) is 46.3 Å². The molecule has 0 saturated carbocycles. The number of pyridine rings is 1. The number of fused-ring (bicyclic) bond motifs is 1. The number of aromatic amines is 1. The fourth-order valence-electron chi connectivity index (χ4n) is 2.55. The molecule has 4 atom stereocenters. The van der Waals surface area contributed by atoms with Gasteiger partial charge in [0.1, 0.15) is 30.6 Å². The number of aliphatic hydroxyl groups excluding tert-OH is 4. The molecule has 0 saturated heterocycles. The highest BCUT2D eigenvalue weighted by atomic mass is 16.4. The zero-order valence-corrected chi connectivity index (χ0v) is 14.2. The molecule has 1 heterocycles. The van der Waals surface area contributed by atoms with Crippen LogP contribution in [0.2, 0.25) is 0 Å². The van der Waals surface area contributed by atoms with Gasteiger partial charge in [0.25, 0.3) is 5.56 Å². The molecule has 8 heteroatoms. The molecule has 2 rings (SSSR count). The smallest absolute Gasteiger partial charge is 0.255 e. The molecule has 1 aromatic carbocycles. The maximum absolute atomic E-state index is 12.0. The first-order valence-corrected chi connectivity index (χ1v) is 8.08. The van der Waals surface area contributed by atoms with E-state index in [4.69, 9.17) is 5.11 Å². The van der Waals surface area contributed by atoms with Crippen molar-refractivity contribution in [1.29, 1.82) is 0 Å². The maximum atomic E-state index is 12.0.